The van der Waals surface area contributed by atoms with Crippen molar-refractivity contribution in [3.63, 3.8) is 0 Å². The molecule has 0 aromatic heterocycles. The van der Waals surface area contributed by atoms with Crippen molar-refractivity contribution >= 4 is 27.9 Å². The van der Waals surface area contributed by atoms with Gasteiger partial charge in [-0.05, 0) is 51.5 Å². The minimum absolute atomic E-state index is 0.0907. The Labute approximate surface area is 192 Å². The second-order valence-electron chi connectivity index (χ2n) is 7.65. The van der Waals surface area contributed by atoms with Crippen LogP contribution in [0.2, 0.25) is 0 Å². The molecule has 31 heavy (non-hydrogen) atoms. The molecule has 0 amide bonds. The number of phenols is 1. The number of esters is 2. The molecule has 1 unspecified atom stereocenters. The number of hydrogen-bond acceptors (Lipinski definition) is 6. The van der Waals surface area contributed by atoms with Gasteiger partial charge in [-0.15, -0.1) is 0 Å². The highest BCUT2D eigenvalue weighted by molar-refractivity contribution is 9.09. The summed E-state index contributed by atoms with van der Waals surface area (Å²) in [4.78, 5) is 24.3. The van der Waals surface area contributed by atoms with Gasteiger partial charge in [0.25, 0.3) is 0 Å². The van der Waals surface area contributed by atoms with Gasteiger partial charge in [0.15, 0.2) is 0 Å². The Morgan fingerprint density at radius 3 is 2.71 bits per heavy atom. The van der Waals surface area contributed by atoms with Crippen LogP contribution in [0.5, 0.6) is 11.5 Å². The second-order valence-corrected chi connectivity index (χ2v) is 8.30. The van der Waals surface area contributed by atoms with Crippen molar-refractivity contribution in [3.8, 4) is 11.5 Å². The molecule has 1 heterocycles. The lowest BCUT2D eigenvalue weighted by Crippen LogP contribution is -2.16. The maximum Gasteiger partial charge on any atom is 0.342 e. The molecule has 7 heteroatoms. The lowest BCUT2D eigenvalue weighted by Gasteiger charge is -2.17. The summed E-state index contributed by atoms with van der Waals surface area (Å²) in [6.07, 6.45) is 9.62. The van der Waals surface area contributed by atoms with Crippen molar-refractivity contribution in [3.05, 3.63) is 46.1 Å². The van der Waals surface area contributed by atoms with E-state index in [1.54, 1.807) is 7.11 Å². The molecule has 0 fully saturated rings. The molecule has 0 saturated heterocycles. The minimum atomic E-state index is -0.514. The summed E-state index contributed by atoms with van der Waals surface area (Å²) in [6, 6.07) is 0. The molecule has 0 bridgehead atoms. The van der Waals surface area contributed by atoms with Crippen molar-refractivity contribution in [1.29, 1.82) is 0 Å². The van der Waals surface area contributed by atoms with Crippen LogP contribution in [0.4, 0.5) is 0 Å². The molecular formula is C24H31BrO6. The molecule has 6 nitrogen and oxygen atoms in total. The zero-order valence-electron chi connectivity index (χ0n) is 18.6. The van der Waals surface area contributed by atoms with Crippen LogP contribution >= 0.6 is 15.9 Å². The Morgan fingerprint density at radius 1 is 1.32 bits per heavy atom. The lowest BCUT2D eigenvalue weighted by atomic mass is 9.92. The number of fused-ring (bicyclic) bond motifs is 1. The van der Waals surface area contributed by atoms with E-state index < -0.39 is 5.97 Å². The number of benzene rings is 1. The third kappa shape index (κ3) is 6.12. The average molecular weight is 495 g/mol. The van der Waals surface area contributed by atoms with Crippen LogP contribution in [-0.4, -0.2) is 36.6 Å². The van der Waals surface area contributed by atoms with Gasteiger partial charge in [0.2, 0.25) is 0 Å². The number of hydrogen-bond donors (Lipinski definition) is 1. The molecule has 0 spiro atoms. The predicted octanol–water partition coefficient (Wildman–Crippen LogP) is 5.17. The van der Waals surface area contributed by atoms with E-state index in [9.17, 15) is 14.7 Å². The van der Waals surface area contributed by atoms with Gasteiger partial charge >= 0.3 is 11.9 Å². The number of alkyl halides is 1. The lowest BCUT2D eigenvalue weighted by molar-refractivity contribution is -0.145. The quantitative estimate of drug-likeness (QED) is 0.198. The van der Waals surface area contributed by atoms with Gasteiger partial charge in [-0.1, -0.05) is 39.7 Å². The molecule has 1 aliphatic rings. The third-order valence-corrected chi connectivity index (χ3v) is 5.96. The largest absolute Gasteiger partial charge is 0.507 e. The molecule has 1 aliphatic heterocycles. The van der Waals surface area contributed by atoms with Gasteiger partial charge in [-0.2, -0.15) is 0 Å². The maximum atomic E-state index is 12.2. The van der Waals surface area contributed by atoms with E-state index in [1.807, 2.05) is 26.0 Å². The number of carbonyl (C=O) groups is 2. The smallest absolute Gasteiger partial charge is 0.342 e. The summed E-state index contributed by atoms with van der Waals surface area (Å²) in [7, 11) is 2.96. The van der Waals surface area contributed by atoms with Crippen LogP contribution in [0, 0.1) is 12.8 Å². The van der Waals surface area contributed by atoms with Gasteiger partial charge in [-0.25, -0.2) is 4.79 Å². The maximum absolute atomic E-state index is 12.2. The van der Waals surface area contributed by atoms with Gasteiger partial charge < -0.3 is 19.3 Å². The number of methoxy groups -OCH3 is 2. The zero-order chi connectivity index (χ0) is 23.0. The van der Waals surface area contributed by atoms with E-state index in [1.165, 1.54) is 7.11 Å². The highest BCUT2D eigenvalue weighted by atomic mass is 79.9. The number of rotatable bonds is 11. The van der Waals surface area contributed by atoms with E-state index in [0.717, 1.165) is 35.7 Å². The summed E-state index contributed by atoms with van der Waals surface area (Å²) in [6.45, 7) is 3.96. The van der Waals surface area contributed by atoms with Gasteiger partial charge in [0.05, 0.1) is 20.1 Å². The summed E-state index contributed by atoms with van der Waals surface area (Å²) in [5, 5.41) is 11.6. The van der Waals surface area contributed by atoms with E-state index in [2.05, 4.69) is 22.0 Å². The number of halogens is 1. The molecule has 1 atom stereocenters. The number of carbonyl (C=O) groups excluding carboxylic acids is 2. The number of unbranched alkanes of at least 4 members (excludes halogenated alkanes) is 1. The van der Waals surface area contributed by atoms with Crippen LogP contribution in [-0.2, 0) is 27.3 Å². The zero-order valence-corrected chi connectivity index (χ0v) is 20.2. The van der Waals surface area contributed by atoms with Crippen molar-refractivity contribution in [2.75, 3.05) is 19.5 Å². The first-order chi connectivity index (χ1) is 14.8. The van der Waals surface area contributed by atoms with E-state index >= 15 is 0 Å². The Morgan fingerprint density at radius 2 is 2.06 bits per heavy atom. The van der Waals surface area contributed by atoms with Crippen molar-refractivity contribution in [2.45, 2.75) is 52.6 Å². The summed E-state index contributed by atoms with van der Waals surface area (Å²) < 4.78 is 15.6. The number of aromatic hydroxyl groups is 1. The molecule has 1 aromatic rings. The first-order valence-electron chi connectivity index (χ1n) is 10.4. The number of allylic oxidation sites excluding steroid dienone is 4. The highest BCUT2D eigenvalue weighted by Crippen LogP contribution is 2.42. The second kappa shape index (κ2) is 11.9. The van der Waals surface area contributed by atoms with E-state index in [-0.39, 0.29) is 29.8 Å². The Bertz CT molecular complexity index is 872. The fraction of sp³-hybridized carbons (Fsp3) is 0.500. The van der Waals surface area contributed by atoms with Crippen molar-refractivity contribution in [1.82, 2.24) is 0 Å². The summed E-state index contributed by atoms with van der Waals surface area (Å²) >= 11 is 3.35. The van der Waals surface area contributed by atoms with Crippen LogP contribution in [0.25, 0.3) is 0 Å². The van der Waals surface area contributed by atoms with E-state index in [4.69, 9.17) is 14.2 Å². The van der Waals surface area contributed by atoms with Crippen molar-refractivity contribution < 1.29 is 28.9 Å². The van der Waals surface area contributed by atoms with Crippen LogP contribution in [0.1, 0.15) is 59.7 Å². The number of ether oxygens (including phenoxy) is 3. The van der Waals surface area contributed by atoms with Crippen LogP contribution in [0.15, 0.2) is 23.8 Å². The van der Waals surface area contributed by atoms with Crippen molar-refractivity contribution in [2.24, 2.45) is 5.92 Å². The minimum Gasteiger partial charge on any atom is -0.507 e. The molecule has 0 radical (unpaired) electrons. The highest BCUT2D eigenvalue weighted by Gasteiger charge is 2.32. The van der Waals surface area contributed by atoms with Gasteiger partial charge in [0.1, 0.15) is 23.7 Å². The first kappa shape index (κ1) is 25.0. The SMILES string of the molecule is COC(=O)C(CCC/C=C/CBr)C/C(C)=C/Cc1c(O)c2c(c(C)c1OC)COC2=O. The van der Waals surface area contributed by atoms with E-state index in [0.29, 0.717) is 29.7 Å². The molecular weight excluding hydrogens is 464 g/mol. The molecule has 2 rings (SSSR count). The molecule has 170 valence electrons. The fourth-order valence-corrected chi connectivity index (χ4v) is 4.17. The summed E-state index contributed by atoms with van der Waals surface area (Å²) in [5.41, 5.74) is 3.25. The van der Waals surface area contributed by atoms with Gasteiger partial charge in [-0.3, -0.25) is 4.79 Å². The molecule has 0 aliphatic carbocycles. The van der Waals surface area contributed by atoms with Gasteiger partial charge in [0, 0.05) is 16.5 Å². The molecule has 0 saturated carbocycles. The number of cyclic esters (lactones) is 1. The predicted molar refractivity (Wildman–Crippen MR) is 123 cm³/mol. The van der Waals surface area contributed by atoms with Crippen LogP contribution in [0.3, 0.4) is 0 Å². The fourth-order valence-electron chi connectivity index (χ4n) is 3.91. The topological polar surface area (TPSA) is 82.1 Å². The first-order valence-corrected chi connectivity index (χ1v) is 11.5. The van der Waals surface area contributed by atoms with Crippen LogP contribution < -0.4 is 4.74 Å². The Balaban J connectivity index is 2.17. The monoisotopic (exact) mass is 494 g/mol. The summed E-state index contributed by atoms with van der Waals surface area (Å²) in [5.74, 6) is -0.478. The normalized spacial score (nSPS) is 14.5. The molecule has 1 aromatic carbocycles. The Kier molecular flexibility index (Phi) is 9.62. The standard InChI is InChI=1S/C24H31BrO6/c1-15(13-17(23(27)30-4)9-7-5-6-8-12-25)10-11-18-21(26)20-19(14-31-24(20)28)16(2)22(18)29-3/h6,8,10,17,26H,5,7,9,11-14H2,1-4H3/b8-6+,15-10+. The average Bonchev–Trinajstić information content (AvgIpc) is 3.15. The molecule has 1 N–H and O–H groups in total. The Hall–Kier alpha value is -2.28. The third-order valence-electron chi connectivity index (χ3n) is 5.58. The number of phenolic OH excluding ortho intramolecular Hbond substituents is 1.